The molecule has 6 heterocycles. The van der Waals surface area contributed by atoms with Gasteiger partial charge in [-0.1, -0.05) is 28.1 Å². The van der Waals surface area contributed by atoms with Crippen LogP contribution in [0.1, 0.15) is 136 Å². The average Bonchev–Trinajstić information content (AvgIpc) is 3.75. The van der Waals surface area contributed by atoms with Gasteiger partial charge in [0.1, 0.15) is 23.3 Å². The minimum absolute atomic E-state index is 0.142. The van der Waals surface area contributed by atoms with Gasteiger partial charge >= 0.3 is 46.7 Å². The first-order valence-electron chi connectivity index (χ1n) is 21.9. The number of imide groups is 2. The molecule has 0 radical (unpaired) electrons. The van der Waals surface area contributed by atoms with Crippen molar-refractivity contribution in [1.82, 2.24) is 30.2 Å². The summed E-state index contributed by atoms with van der Waals surface area (Å²) in [7, 11) is 0. The molecule has 0 bridgehead atoms. The van der Waals surface area contributed by atoms with Gasteiger partial charge in [0.05, 0.1) is 0 Å². The number of amides is 8. The zero-order valence-corrected chi connectivity index (χ0v) is 44.7. The molecule has 0 aliphatic carbocycles. The quantitative estimate of drug-likeness (QED) is 0.142. The van der Waals surface area contributed by atoms with Crippen molar-refractivity contribution < 1.29 is 62.6 Å². The number of ether oxygens (including phenoxy) is 2. The Balaban J connectivity index is 0.000000198. The van der Waals surface area contributed by atoms with Gasteiger partial charge in [-0.2, -0.15) is 12.8 Å². The summed E-state index contributed by atoms with van der Waals surface area (Å²) >= 11 is 6.99. The van der Waals surface area contributed by atoms with Gasteiger partial charge in [-0.25, -0.2) is 9.59 Å². The molecule has 2 N–H and O–H groups in total. The van der Waals surface area contributed by atoms with Crippen molar-refractivity contribution in [2.75, 3.05) is 26.2 Å². The van der Waals surface area contributed by atoms with E-state index in [1.54, 1.807) is 25.7 Å². The van der Waals surface area contributed by atoms with Crippen LogP contribution in [0.3, 0.4) is 0 Å². The molecule has 4 fully saturated rings. The summed E-state index contributed by atoms with van der Waals surface area (Å²) in [6.45, 7) is 14.9. The molecule has 348 valence electrons. The first-order chi connectivity index (χ1) is 30.7. The van der Waals surface area contributed by atoms with Gasteiger partial charge in [0, 0.05) is 54.6 Å². The standard InChI is InChI=1S/C23H29N3O5.C13H11BrN2O3.C10H18NO2.HI.Zn/c1-23(2,3)31-22(30)25-10-8-14(9-11-25)15-4-5-17-16(12-15)13-26(21(17)29)18-6-7-19(27)24-20(18)28;14-8-1-2-9-7(5-8)6-16(13(9)19)10-3-4-11(17)15-12(10)18;1-10(2,3)13-9(12)11-7-5-4-6-8-11;;/h4-5,12,14,18H,6-11,13H2,1-3H3,(H,24,27,28);1-2,5,10H,3-4,6H2,(H,15,17,18);4H,5-8H2,1-3H3;1H;/q;;-1;;+2/p-1. The van der Waals surface area contributed by atoms with Crippen LogP contribution in [0, 0.1) is 6.42 Å². The zero-order valence-electron chi connectivity index (χ0n) is 38.0. The summed E-state index contributed by atoms with van der Waals surface area (Å²) in [6, 6.07) is 10.2. The van der Waals surface area contributed by atoms with Crippen LogP contribution in [-0.4, -0.2) is 117 Å². The average molecular weight is 1130 g/mol. The number of hydrogen-bond donors (Lipinski definition) is 2. The summed E-state index contributed by atoms with van der Waals surface area (Å²) in [5.74, 6) is -1.32. The van der Waals surface area contributed by atoms with Crippen molar-refractivity contribution in [3.8, 4) is 0 Å². The fourth-order valence-corrected chi connectivity index (χ4v) is 8.78. The number of piperidine rings is 4. The van der Waals surface area contributed by atoms with Crippen LogP contribution in [0.15, 0.2) is 40.9 Å². The van der Waals surface area contributed by atoms with E-state index in [0.29, 0.717) is 56.1 Å². The number of benzene rings is 2. The Morgan fingerprint density at radius 2 is 1.09 bits per heavy atom. The number of fused-ring (bicyclic) bond motifs is 2. The van der Waals surface area contributed by atoms with Crippen LogP contribution < -0.4 is 10.6 Å². The summed E-state index contributed by atoms with van der Waals surface area (Å²) < 4.78 is 11.6. The van der Waals surface area contributed by atoms with Gasteiger partial charge < -0.3 is 35.5 Å². The van der Waals surface area contributed by atoms with Crippen molar-refractivity contribution in [3.63, 3.8) is 0 Å². The third kappa shape index (κ3) is 14.0. The van der Waals surface area contributed by atoms with E-state index in [1.165, 1.54) is 14.8 Å². The molecule has 4 saturated heterocycles. The third-order valence-electron chi connectivity index (χ3n) is 11.5. The van der Waals surface area contributed by atoms with Crippen LogP contribution in [-0.2, 0) is 56.5 Å². The Labute approximate surface area is 410 Å². The molecule has 19 heteroatoms. The number of rotatable bonds is 3. The molecule has 8 amide bonds. The Morgan fingerprint density at radius 3 is 1.54 bits per heavy atom. The number of nitrogens with one attached hydrogen (secondary N) is 2. The van der Waals surface area contributed by atoms with Crippen LogP contribution in [0.5, 0.6) is 0 Å². The molecule has 8 rings (SSSR count). The molecule has 0 saturated carbocycles. The van der Waals surface area contributed by atoms with E-state index >= 15 is 0 Å². The predicted octanol–water partition coefficient (Wildman–Crippen LogP) is 6.88. The monoisotopic (exact) mass is 1120 g/mol. The van der Waals surface area contributed by atoms with E-state index in [-0.39, 0.29) is 60.2 Å². The first-order valence-corrected chi connectivity index (χ1v) is 31.8. The molecular formula is C46H58BrIN6O10Zn. The van der Waals surface area contributed by atoms with Crippen LogP contribution in [0.4, 0.5) is 9.59 Å². The van der Waals surface area contributed by atoms with Crippen molar-refractivity contribution in [2.45, 2.75) is 135 Å². The van der Waals surface area contributed by atoms with Crippen LogP contribution in [0.2, 0.25) is 0 Å². The van der Waals surface area contributed by atoms with Gasteiger partial charge in [0.15, 0.2) is 0 Å². The number of carbonyl (C=O) groups excluding carboxylic acids is 8. The van der Waals surface area contributed by atoms with Crippen molar-refractivity contribution in [2.24, 2.45) is 0 Å². The normalized spacial score (nSPS) is 21.1. The summed E-state index contributed by atoms with van der Waals surface area (Å²) in [4.78, 5) is 102. The van der Waals surface area contributed by atoms with Crippen molar-refractivity contribution >= 4 is 83.3 Å². The number of nitrogens with zero attached hydrogens (tertiary/aromatic N) is 4. The van der Waals surface area contributed by atoms with Crippen LogP contribution >= 0.6 is 35.7 Å². The molecular weight excluding hydrogens is 1070 g/mol. The maximum atomic E-state index is 12.8. The Hall–Kier alpha value is -3.97. The second kappa shape index (κ2) is 22.7. The molecule has 16 nitrogen and oxygen atoms in total. The number of halogens is 2. The van der Waals surface area contributed by atoms with Gasteiger partial charge in [0.25, 0.3) is 11.8 Å². The van der Waals surface area contributed by atoms with Crippen LogP contribution in [0.25, 0.3) is 0 Å². The summed E-state index contributed by atoms with van der Waals surface area (Å²) in [6.07, 6.45) is 6.68. The Kier molecular flexibility index (Phi) is 18.2. The molecule has 2 aromatic carbocycles. The van der Waals surface area contributed by atoms with E-state index in [0.717, 1.165) is 59.9 Å². The number of hydrogen-bond acceptors (Lipinski definition) is 10. The number of likely N-dealkylation sites (tertiary alicyclic amines) is 2. The SMILES string of the molecule is CC(C)(C)OC(=O)N1CCC(c2ccc3c(c2)CN(C2CCC(=O)NC2=O)C3=O)CC1.CC(C)(C)OC(=O)N1CC[CH-]CC1.O=C1CCC(N2Cc3cc(Br)ccc3C2=O)C(=O)N1.[Zn+][I]. The fraction of sp³-hybridized carbons (Fsp3) is 0.543. The predicted molar refractivity (Wildman–Crippen MR) is 248 cm³/mol. The second-order valence-corrected chi connectivity index (χ2v) is 19.5. The minimum atomic E-state index is -0.599. The van der Waals surface area contributed by atoms with E-state index in [1.807, 2.05) is 65.8 Å². The molecule has 0 spiro atoms. The van der Waals surface area contributed by atoms with E-state index in [2.05, 4.69) is 58.8 Å². The molecule has 0 aromatic heterocycles. The number of carbonyl (C=O) groups is 8. The van der Waals surface area contributed by atoms with E-state index in [9.17, 15) is 38.4 Å². The van der Waals surface area contributed by atoms with Gasteiger partial charge in [-0.05, 0) is 127 Å². The molecule has 65 heavy (non-hydrogen) atoms. The van der Waals surface area contributed by atoms with Gasteiger partial charge in [0.2, 0.25) is 23.6 Å². The fourth-order valence-electron chi connectivity index (χ4n) is 8.37. The van der Waals surface area contributed by atoms with Crippen molar-refractivity contribution in [3.05, 3.63) is 75.1 Å². The topological polar surface area (TPSA) is 192 Å². The summed E-state index contributed by atoms with van der Waals surface area (Å²) in [5, 5.41) is 4.61. The molecule has 6 aliphatic rings. The molecule has 2 unspecified atom stereocenters. The molecule has 2 atom stereocenters. The second-order valence-electron chi connectivity index (χ2n) is 18.6. The van der Waals surface area contributed by atoms with Gasteiger partial charge in [-0.15, -0.1) is 0 Å². The Bertz CT molecular complexity index is 2150. The molecule has 6 aliphatic heterocycles. The van der Waals surface area contributed by atoms with Gasteiger partial charge in [-0.3, -0.25) is 39.4 Å². The maximum absolute atomic E-state index is 12.8. The zero-order chi connectivity index (χ0) is 47.8. The molecule has 2 aromatic rings. The van der Waals surface area contributed by atoms with E-state index in [4.69, 9.17) is 9.47 Å². The summed E-state index contributed by atoms with van der Waals surface area (Å²) in [5.41, 5.74) is 3.35. The third-order valence-corrected chi connectivity index (χ3v) is 12.0. The van der Waals surface area contributed by atoms with Crippen molar-refractivity contribution in [1.29, 1.82) is 0 Å². The first kappa shape index (κ1) is 52.0. The van der Waals surface area contributed by atoms with E-state index < -0.39 is 23.6 Å². The Morgan fingerprint density at radius 1 is 0.662 bits per heavy atom.